The quantitative estimate of drug-likeness (QED) is 0.350. The van der Waals surface area contributed by atoms with Crippen LogP contribution in [0.1, 0.15) is 40.7 Å². The number of nitrogens with zero attached hydrogens (tertiary/aromatic N) is 2. The van der Waals surface area contributed by atoms with E-state index >= 15 is 0 Å². The Morgan fingerprint density at radius 2 is 2.00 bits per heavy atom. The van der Waals surface area contributed by atoms with Gasteiger partial charge in [-0.15, -0.1) is 0 Å². The molecule has 0 radical (unpaired) electrons. The van der Waals surface area contributed by atoms with Crippen LogP contribution in [0.15, 0.2) is 29.1 Å². The van der Waals surface area contributed by atoms with Gasteiger partial charge in [0.2, 0.25) is 12.5 Å². The average Bonchev–Trinajstić information content (AvgIpc) is 2.59. The van der Waals surface area contributed by atoms with Crippen molar-refractivity contribution in [1.29, 1.82) is 0 Å². The molecule has 10 nitrogen and oxygen atoms in total. The summed E-state index contributed by atoms with van der Waals surface area (Å²) in [5.74, 6) is -1.39. The summed E-state index contributed by atoms with van der Waals surface area (Å²) >= 11 is 0. The minimum atomic E-state index is -0.721. The summed E-state index contributed by atoms with van der Waals surface area (Å²) in [5.41, 5.74) is 12.0. The first-order valence-corrected chi connectivity index (χ1v) is 8.34. The van der Waals surface area contributed by atoms with Crippen LogP contribution in [0.2, 0.25) is 0 Å². The Morgan fingerprint density at radius 1 is 1.33 bits per heavy atom. The van der Waals surface area contributed by atoms with Crippen LogP contribution < -0.4 is 17.0 Å². The van der Waals surface area contributed by atoms with Crippen molar-refractivity contribution in [3.8, 4) is 0 Å². The van der Waals surface area contributed by atoms with Crippen molar-refractivity contribution in [3.63, 3.8) is 0 Å². The van der Waals surface area contributed by atoms with E-state index in [0.29, 0.717) is 18.4 Å². The van der Waals surface area contributed by atoms with Gasteiger partial charge < -0.3 is 16.2 Å². The predicted octanol–water partition coefficient (Wildman–Crippen LogP) is 1.10. The second kappa shape index (κ2) is 8.79. The van der Waals surface area contributed by atoms with E-state index in [2.05, 4.69) is 9.97 Å². The lowest BCUT2D eigenvalue weighted by atomic mass is 9.93. The number of aromatic nitrogens is 2. The number of H-pyrrole nitrogens is 1. The number of rotatable bonds is 8. The summed E-state index contributed by atoms with van der Waals surface area (Å²) in [6.07, 6.45) is 0.753. The van der Waals surface area contributed by atoms with Gasteiger partial charge in [-0.1, -0.05) is 12.1 Å². The zero-order valence-electron chi connectivity index (χ0n) is 14.8. The number of nitro groups is 1. The van der Waals surface area contributed by atoms with Gasteiger partial charge in [0, 0.05) is 4.92 Å². The molecule has 1 aromatic heterocycles. The number of benzene rings is 1. The van der Waals surface area contributed by atoms with E-state index in [1.165, 1.54) is 0 Å². The number of anilines is 2. The highest BCUT2D eigenvalue weighted by Gasteiger charge is 2.24. The second-order valence-corrected chi connectivity index (χ2v) is 5.92. The predicted molar refractivity (Wildman–Crippen MR) is 99.0 cm³/mol. The zero-order valence-corrected chi connectivity index (χ0v) is 14.8. The average molecular weight is 375 g/mol. The van der Waals surface area contributed by atoms with Gasteiger partial charge in [0.05, 0.1) is 23.7 Å². The summed E-state index contributed by atoms with van der Waals surface area (Å²) in [4.78, 5) is 40.4. The van der Waals surface area contributed by atoms with Crippen molar-refractivity contribution >= 4 is 17.7 Å². The molecule has 1 atom stereocenters. The number of esters is 1. The normalized spacial score (nSPS) is 11.7. The molecule has 0 bridgehead atoms. The summed E-state index contributed by atoms with van der Waals surface area (Å²) in [7, 11) is 0. The molecule has 5 N–H and O–H groups in total. The lowest BCUT2D eigenvalue weighted by Gasteiger charge is -2.14. The maximum Gasteiger partial charge on any atom is 0.338 e. The van der Waals surface area contributed by atoms with E-state index in [-0.39, 0.29) is 23.9 Å². The number of hydrogen-bond donors (Lipinski definition) is 3. The van der Waals surface area contributed by atoms with E-state index in [1.54, 1.807) is 31.2 Å². The Kier molecular flexibility index (Phi) is 6.47. The first-order chi connectivity index (χ1) is 12.8. The van der Waals surface area contributed by atoms with Crippen LogP contribution in [-0.2, 0) is 11.2 Å². The second-order valence-electron chi connectivity index (χ2n) is 5.92. The number of nitrogen functional groups attached to an aromatic ring is 2. The summed E-state index contributed by atoms with van der Waals surface area (Å²) in [6.45, 7) is 1.55. The van der Waals surface area contributed by atoms with E-state index in [4.69, 9.17) is 16.2 Å². The monoisotopic (exact) mass is 375 g/mol. The highest BCUT2D eigenvalue weighted by atomic mass is 16.6. The van der Waals surface area contributed by atoms with Crippen molar-refractivity contribution in [2.45, 2.75) is 25.7 Å². The SMILES string of the molecule is CCOC(=O)c1ccc(CCC(C[N+](=O)[O-])c2c(N)nc(N)[nH]c2=O)cc1. The first kappa shape index (κ1) is 19.9. The topological polar surface area (TPSA) is 167 Å². The molecule has 0 aliphatic carbocycles. The molecule has 1 unspecified atom stereocenters. The Bertz CT molecular complexity index is 878. The van der Waals surface area contributed by atoms with Gasteiger partial charge in [-0.2, -0.15) is 4.98 Å². The Labute approximate surface area is 154 Å². The van der Waals surface area contributed by atoms with Gasteiger partial charge in [-0.25, -0.2) is 4.79 Å². The molecule has 0 aliphatic rings. The number of carbonyl (C=O) groups excluding carboxylic acids is 1. The number of hydrogen-bond acceptors (Lipinski definition) is 8. The van der Waals surface area contributed by atoms with Gasteiger partial charge >= 0.3 is 5.97 Å². The van der Waals surface area contributed by atoms with Gasteiger partial charge in [-0.05, 0) is 37.5 Å². The number of nitrogens with one attached hydrogen (secondary N) is 1. The van der Waals surface area contributed by atoms with Crippen LogP contribution in [-0.4, -0.2) is 34.0 Å². The van der Waals surface area contributed by atoms with Gasteiger partial charge in [0.25, 0.3) is 5.56 Å². The number of aromatic amines is 1. The van der Waals surface area contributed by atoms with Gasteiger partial charge in [0.1, 0.15) is 5.82 Å². The smallest absolute Gasteiger partial charge is 0.338 e. The third kappa shape index (κ3) is 5.27. The highest BCUT2D eigenvalue weighted by Crippen LogP contribution is 2.23. The fraction of sp³-hybridized carbons (Fsp3) is 0.353. The zero-order chi connectivity index (χ0) is 20.0. The van der Waals surface area contributed by atoms with Crippen LogP contribution in [0.5, 0.6) is 0 Å². The van der Waals surface area contributed by atoms with Crippen LogP contribution in [0.4, 0.5) is 11.8 Å². The van der Waals surface area contributed by atoms with Gasteiger partial charge in [0.15, 0.2) is 0 Å². The molecule has 0 amide bonds. The fourth-order valence-corrected chi connectivity index (χ4v) is 2.78. The molecular formula is C17H21N5O5. The summed E-state index contributed by atoms with van der Waals surface area (Å²) < 4.78 is 4.92. The van der Waals surface area contributed by atoms with Crippen LogP contribution in [0, 0.1) is 10.1 Å². The minimum Gasteiger partial charge on any atom is -0.462 e. The molecule has 1 heterocycles. The highest BCUT2D eigenvalue weighted by molar-refractivity contribution is 5.89. The maximum absolute atomic E-state index is 12.1. The summed E-state index contributed by atoms with van der Waals surface area (Å²) in [5, 5.41) is 11.0. The van der Waals surface area contributed by atoms with E-state index < -0.39 is 28.9 Å². The molecule has 2 rings (SSSR count). The number of ether oxygens (including phenoxy) is 1. The van der Waals surface area contributed by atoms with E-state index in [1.807, 2.05) is 0 Å². The van der Waals surface area contributed by atoms with E-state index in [0.717, 1.165) is 5.56 Å². The lowest BCUT2D eigenvalue weighted by molar-refractivity contribution is -0.483. The van der Waals surface area contributed by atoms with Crippen molar-refractivity contribution in [2.75, 3.05) is 24.6 Å². The standard InChI is InChI=1S/C17H21N5O5/c1-2-27-16(24)11-6-3-10(4-7-11)5-8-12(9-22(25)26)13-14(18)20-17(19)21-15(13)23/h3-4,6-7,12H,2,5,8-9H2,1H3,(H5,18,19,20,21,23). The molecule has 144 valence electrons. The van der Waals surface area contributed by atoms with Crippen LogP contribution >= 0.6 is 0 Å². The molecule has 0 spiro atoms. The molecule has 27 heavy (non-hydrogen) atoms. The number of carbonyl (C=O) groups is 1. The Balaban J connectivity index is 2.17. The molecule has 0 aliphatic heterocycles. The fourth-order valence-electron chi connectivity index (χ4n) is 2.78. The van der Waals surface area contributed by atoms with Gasteiger partial charge in [-0.3, -0.25) is 19.9 Å². The lowest BCUT2D eigenvalue weighted by Crippen LogP contribution is -2.26. The number of aryl methyl sites for hydroxylation is 1. The molecule has 0 saturated heterocycles. The van der Waals surface area contributed by atoms with E-state index in [9.17, 15) is 19.7 Å². The number of nitrogens with two attached hydrogens (primary N) is 2. The first-order valence-electron chi connectivity index (χ1n) is 8.34. The van der Waals surface area contributed by atoms with Crippen LogP contribution in [0.25, 0.3) is 0 Å². The molecule has 0 saturated carbocycles. The molecule has 2 aromatic rings. The minimum absolute atomic E-state index is 0.0593. The molecule has 0 fully saturated rings. The largest absolute Gasteiger partial charge is 0.462 e. The maximum atomic E-state index is 12.1. The summed E-state index contributed by atoms with van der Waals surface area (Å²) in [6, 6.07) is 6.73. The Morgan fingerprint density at radius 3 is 2.56 bits per heavy atom. The third-order valence-electron chi connectivity index (χ3n) is 4.03. The molecule has 10 heteroatoms. The van der Waals surface area contributed by atoms with Crippen molar-refractivity contribution in [3.05, 3.63) is 61.4 Å². The van der Waals surface area contributed by atoms with Crippen molar-refractivity contribution in [1.82, 2.24) is 9.97 Å². The van der Waals surface area contributed by atoms with Crippen molar-refractivity contribution in [2.24, 2.45) is 0 Å². The van der Waals surface area contributed by atoms with Crippen molar-refractivity contribution < 1.29 is 14.5 Å². The van der Waals surface area contributed by atoms with Crippen LogP contribution in [0.3, 0.4) is 0 Å². The Hall–Kier alpha value is -3.43. The third-order valence-corrected chi connectivity index (χ3v) is 4.03. The molecular weight excluding hydrogens is 354 g/mol. The molecule has 1 aromatic carbocycles.